The van der Waals surface area contributed by atoms with Crippen LogP contribution in [-0.2, 0) is 14.6 Å². The fourth-order valence-corrected chi connectivity index (χ4v) is 4.03. The van der Waals surface area contributed by atoms with Crippen LogP contribution in [0.5, 0.6) is 5.75 Å². The average Bonchev–Trinajstić information content (AvgIpc) is 2.90. The maximum Gasteiger partial charge on any atom is 0.239 e. The monoisotopic (exact) mass is 361 g/mol. The Kier molecular flexibility index (Phi) is 4.67. The van der Waals surface area contributed by atoms with E-state index in [0.717, 1.165) is 16.4 Å². The minimum Gasteiger partial charge on any atom is -0.495 e. The first kappa shape index (κ1) is 17.3. The molecule has 0 aliphatic carbocycles. The minimum atomic E-state index is -3.41. The Morgan fingerprint density at radius 1 is 1.16 bits per heavy atom. The first-order chi connectivity index (χ1) is 11.9. The van der Waals surface area contributed by atoms with Crippen LogP contribution < -0.4 is 10.1 Å². The number of methoxy groups -OCH3 is 1. The van der Waals surface area contributed by atoms with E-state index in [9.17, 15) is 13.2 Å². The molecule has 25 heavy (non-hydrogen) atoms. The van der Waals surface area contributed by atoms with Gasteiger partial charge in [0.1, 0.15) is 22.7 Å². The molecule has 0 bridgehead atoms. The number of para-hydroxylation sites is 1. The van der Waals surface area contributed by atoms with E-state index in [1.807, 2.05) is 24.3 Å². The zero-order chi connectivity index (χ0) is 18.0. The Bertz CT molecular complexity index is 1040. The molecule has 0 aliphatic heterocycles. The maximum atomic E-state index is 12.1. The topological polar surface area (TPSA) is 85.6 Å². The number of fused-ring (bicyclic) bond motifs is 3. The summed E-state index contributed by atoms with van der Waals surface area (Å²) >= 11 is 0. The number of carbonyl (C=O) groups excluding carboxylic acids is 1. The number of rotatable bonds is 6. The molecule has 0 unspecified atom stereocenters. The molecular weight excluding hydrogens is 342 g/mol. The normalized spacial score (nSPS) is 11.8. The van der Waals surface area contributed by atoms with E-state index in [1.54, 1.807) is 19.1 Å². The molecule has 0 fully saturated rings. The fraction of sp³-hybridized carbons (Fsp3) is 0.278. The van der Waals surface area contributed by atoms with Crippen molar-refractivity contribution in [3.05, 3.63) is 36.4 Å². The van der Waals surface area contributed by atoms with Crippen LogP contribution in [0.4, 0.5) is 5.69 Å². The van der Waals surface area contributed by atoms with Crippen molar-refractivity contribution in [2.75, 3.05) is 23.9 Å². The van der Waals surface area contributed by atoms with Gasteiger partial charge in [-0.2, -0.15) is 0 Å². The summed E-state index contributed by atoms with van der Waals surface area (Å²) in [7, 11) is -1.92. The summed E-state index contributed by atoms with van der Waals surface area (Å²) in [5.74, 6) is -0.718. The number of nitrogens with one attached hydrogen (secondary N) is 1. The summed E-state index contributed by atoms with van der Waals surface area (Å²) in [6, 6.07) is 11.0. The molecule has 0 spiro atoms. The molecule has 0 saturated carbocycles. The van der Waals surface area contributed by atoms with Crippen LogP contribution in [0.2, 0.25) is 0 Å². The number of hydrogen-bond acceptors (Lipinski definition) is 5. The van der Waals surface area contributed by atoms with Crippen molar-refractivity contribution >= 4 is 43.4 Å². The van der Waals surface area contributed by atoms with Crippen LogP contribution in [0.15, 0.2) is 40.8 Å². The number of ether oxygens (including phenoxy) is 1. The first-order valence-electron chi connectivity index (χ1n) is 7.93. The third-order valence-electron chi connectivity index (χ3n) is 3.84. The van der Waals surface area contributed by atoms with Gasteiger partial charge < -0.3 is 14.5 Å². The zero-order valence-electron chi connectivity index (χ0n) is 14.0. The van der Waals surface area contributed by atoms with Crippen molar-refractivity contribution in [3.63, 3.8) is 0 Å². The second-order valence-electron chi connectivity index (χ2n) is 5.79. The van der Waals surface area contributed by atoms with E-state index >= 15 is 0 Å². The Hall–Kier alpha value is -2.54. The smallest absolute Gasteiger partial charge is 0.239 e. The van der Waals surface area contributed by atoms with Gasteiger partial charge in [0.05, 0.1) is 18.6 Å². The predicted octanol–water partition coefficient (Wildman–Crippen LogP) is 3.36. The van der Waals surface area contributed by atoms with Gasteiger partial charge in [0.2, 0.25) is 5.91 Å². The number of furan rings is 1. The van der Waals surface area contributed by atoms with Gasteiger partial charge in [0.25, 0.3) is 0 Å². The summed E-state index contributed by atoms with van der Waals surface area (Å²) < 4.78 is 34.7. The number of benzene rings is 2. The number of sulfone groups is 1. The molecule has 1 amide bonds. The second-order valence-corrected chi connectivity index (χ2v) is 7.97. The minimum absolute atomic E-state index is 0.0137. The van der Waals surface area contributed by atoms with Crippen molar-refractivity contribution in [2.45, 2.75) is 13.3 Å². The average molecular weight is 361 g/mol. The number of amides is 1. The highest BCUT2D eigenvalue weighted by atomic mass is 32.2. The highest BCUT2D eigenvalue weighted by molar-refractivity contribution is 7.92. The lowest BCUT2D eigenvalue weighted by Gasteiger charge is -2.10. The van der Waals surface area contributed by atoms with Crippen LogP contribution in [-0.4, -0.2) is 32.9 Å². The lowest BCUT2D eigenvalue weighted by Crippen LogP contribution is -2.24. The van der Waals surface area contributed by atoms with Crippen molar-refractivity contribution in [1.82, 2.24) is 0 Å². The lowest BCUT2D eigenvalue weighted by molar-refractivity contribution is -0.113. The molecule has 0 aliphatic rings. The van der Waals surface area contributed by atoms with E-state index in [1.165, 1.54) is 7.11 Å². The highest BCUT2D eigenvalue weighted by Gasteiger charge is 2.18. The molecule has 3 aromatic rings. The summed E-state index contributed by atoms with van der Waals surface area (Å²) in [5.41, 5.74) is 1.70. The quantitative estimate of drug-likeness (QED) is 0.728. The van der Waals surface area contributed by atoms with Crippen molar-refractivity contribution < 1.29 is 22.4 Å². The Balaban J connectivity index is 1.95. The second kappa shape index (κ2) is 6.76. The number of hydrogen-bond donors (Lipinski definition) is 1. The molecule has 6 nitrogen and oxygen atoms in total. The molecule has 0 saturated heterocycles. The third-order valence-corrected chi connectivity index (χ3v) is 5.57. The van der Waals surface area contributed by atoms with Crippen LogP contribution in [0.1, 0.15) is 13.3 Å². The molecule has 0 radical (unpaired) electrons. The van der Waals surface area contributed by atoms with Gasteiger partial charge >= 0.3 is 0 Å². The summed E-state index contributed by atoms with van der Waals surface area (Å²) in [6.07, 6.45) is 0.476. The fourth-order valence-electron chi connectivity index (χ4n) is 2.79. The highest BCUT2D eigenvalue weighted by Crippen LogP contribution is 2.36. The van der Waals surface area contributed by atoms with E-state index in [4.69, 9.17) is 9.15 Å². The van der Waals surface area contributed by atoms with Crippen molar-refractivity contribution in [3.8, 4) is 5.75 Å². The van der Waals surface area contributed by atoms with Crippen molar-refractivity contribution in [1.29, 1.82) is 0 Å². The zero-order valence-corrected chi connectivity index (χ0v) is 14.9. The Morgan fingerprint density at radius 2 is 1.92 bits per heavy atom. The Morgan fingerprint density at radius 3 is 2.64 bits per heavy atom. The molecule has 1 N–H and O–H groups in total. The van der Waals surface area contributed by atoms with E-state index in [2.05, 4.69) is 5.32 Å². The summed E-state index contributed by atoms with van der Waals surface area (Å²) in [4.78, 5) is 12.1. The summed E-state index contributed by atoms with van der Waals surface area (Å²) in [5, 5.41) is 4.42. The SMILES string of the molecule is CCCS(=O)(=O)CC(=O)Nc1cc2oc3ccccc3c2cc1OC. The maximum absolute atomic E-state index is 12.1. The van der Waals surface area contributed by atoms with Gasteiger partial charge in [-0.3, -0.25) is 4.79 Å². The van der Waals surface area contributed by atoms with Crippen molar-refractivity contribution in [2.24, 2.45) is 0 Å². The molecule has 1 heterocycles. The van der Waals surface area contributed by atoms with Crippen LogP contribution in [0.25, 0.3) is 21.9 Å². The number of carbonyl (C=O) groups is 1. The molecule has 3 rings (SSSR count). The standard InChI is InChI=1S/C18H19NO5S/c1-3-8-25(21,22)11-18(20)19-14-10-16-13(9-17(14)23-2)12-6-4-5-7-15(12)24-16/h4-7,9-10H,3,8,11H2,1-2H3,(H,19,20). The van der Waals surface area contributed by atoms with Crippen LogP contribution in [0.3, 0.4) is 0 Å². The van der Waals surface area contributed by atoms with E-state index < -0.39 is 21.5 Å². The predicted molar refractivity (Wildman–Crippen MR) is 97.8 cm³/mol. The van der Waals surface area contributed by atoms with Gasteiger partial charge in [-0.1, -0.05) is 25.1 Å². The van der Waals surface area contributed by atoms with Crippen LogP contribution in [0, 0.1) is 0 Å². The largest absolute Gasteiger partial charge is 0.495 e. The summed E-state index contributed by atoms with van der Waals surface area (Å²) in [6.45, 7) is 1.76. The first-order valence-corrected chi connectivity index (χ1v) is 9.75. The number of anilines is 1. The third kappa shape index (κ3) is 3.61. The molecule has 0 atom stereocenters. The van der Waals surface area contributed by atoms with E-state index in [-0.39, 0.29) is 5.75 Å². The van der Waals surface area contributed by atoms with Gasteiger partial charge in [0, 0.05) is 16.8 Å². The van der Waals surface area contributed by atoms with Crippen LogP contribution >= 0.6 is 0 Å². The molecule has 2 aromatic carbocycles. The molecule has 132 valence electrons. The van der Waals surface area contributed by atoms with Gasteiger partial charge in [0.15, 0.2) is 9.84 Å². The molecule has 7 heteroatoms. The van der Waals surface area contributed by atoms with Gasteiger partial charge in [-0.25, -0.2) is 8.42 Å². The molecule has 1 aromatic heterocycles. The lowest BCUT2D eigenvalue weighted by atomic mass is 10.1. The van der Waals surface area contributed by atoms with E-state index in [0.29, 0.717) is 23.4 Å². The molecular formula is C18H19NO5S. The Labute approximate surface area is 145 Å². The van der Waals surface area contributed by atoms with Gasteiger partial charge in [-0.15, -0.1) is 0 Å². The van der Waals surface area contributed by atoms with Gasteiger partial charge in [-0.05, 0) is 18.6 Å².